The summed E-state index contributed by atoms with van der Waals surface area (Å²) in [5.74, 6) is -0.299. The van der Waals surface area contributed by atoms with Gasteiger partial charge in [-0.1, -0.05) is 6.42 Å². The van der Waals surface area contributed by atoms with E-state index in [4.69, 9.17) is 4.74 Å². The van der Waals surface area contributed by atoms with Crippen molar-refractivity contribution < 1.29 is 19.1 Å². The van der Waals surface area contributed by atoms with Gasteiger partial charge in [0.1, 0.15) is 0 Å². The summed E-state index contributed by atoms with van der Waals surface area (Å²) in [6.07, 6.45) is 4.78. The lowest BCUT2D eigenvalue weighted by Crippen LogP contribution is -2.42. The number of nitrogens with zero attached hydrogens (tertiary/aromatic N) is 1. The smallest absolute Gasteiger partial charge is 0.310 e. The van der Waals surface area contributed by atoms with Crippen LogP contribution in [0.2, 0.25) is 0 Å². The van der Waals surface area contributed by atoms with Gasteiger partial charge in [-0.2, -0.15) is 0 Å². The van der Waals surface area contributed by atoms with Gasteiger partial charge in [0, 0.05) is 33.0 Å². The van der Waals surface area contributed by atoms with E-state index in [1.807, 2.05) is 0 Å². The Bertz CT molecular complexity index is 371. The lowest BCUT2D eigenvalue weighted by Gasteiger charge is -2.31. The van der Waals surface area contributed by atoms with Crippen LogP contribution in [0.4, 0.5) is 0 Å². The molecular weight excluding hydrogens is 272 g/mol. The first-order valence-corrected chi connectivity index (χ1v) is 7.64. The fourth-order valence-corrected chi connectivity index (χ4v) is 2.56. The van der Waals surface area contributed by atoms with E-state index in [-0.39, 0.29) is 23.7 Å². The van der Waals surface area contributed by atoms with E-state index >= 15 is 0 Å². The molecule has 0 radical (unpaired) electrons. The first-order chi connectivity index (χ1) is 10.0. The quantitative estimate of drug-likeness (QED) is 0.564. The van der Waals surface area contributed by atoms with Gasteiger partial charge in [-0.3, -0.25) is 14.4 Å². The fourth-order valence-electron chi connectivity index (χ4n) is 2.56. The number of hydrogen-bond donors (Lipinski definition) is 1. The Labute approximate surface area is 126 Å². The van der Waals surface area contributed by atoms with Crippen LogP contribution in [-0.2, 0) is 19.1 Å². The van der Waals surface area contributed by atoms with Gasteiger partial charge in [-0.15, -0.1) is 0 Å². The predicted octanol–water partition coefficient (Wildman–Crippen LogP) is 1.09. The molecule has 0 aliphatic carbocycles. The summed E-state index contributed by atoms with van der Waals surface area (Å²) in [6.45, 7) is 3.38. The standard InChI is InChI=1S/C15H26N2O4/c1-12(18)16-9-5-3-4-8-14(19)17-10-6-7-13(11-17)15(20)21-2/h13H,3-11H2,1-2H3,(H,16,18)/t13-/m0/s1. The number of piperidine rings is 1. The molecule has 0 aromatic rings. The topological polar surface area (TPSA) is 75.7 Å². The Kier molecular flexibility index (Phi) is 7.79. The number of likely N-dealkylation sites (tertiary alicyclic amines) is 1. The van der Waals surface area contributed by atoms with Crippen molar-refractivity contribution in [3.05, 3.63) is 0 Å². The van der Waals surface area contributed by atoms with Gasteiger partial charge in [0.25, 0.3) is 0 Å². The molecule has 120 valence electrons. The molecule has 1 rings (SSSR count). The van der Waals surface area contributed by atoms with Crippen LogP contribution in [0.5, 0.6) is 0 Å². The second-order valence-corrected chi connectivity index (χ2v) is 5.50. The Morgan fingerprint density at radius 2 is 2.00 bits per heavy atom. The van der Waals surface area contributed by atoms with Crippen molar-refractivity contribution in [1.82, 2.24) is 10.2 Å². The number of hydrogen-bond acceptors (Lipinski definition) is 4. The second kappa shape index (κ2) is 9.37. The summed E-state index contributed by atoms with van der Waals surface area (Å²) >= 11 is 0. The number of methoxy groups -OCH3 is 1. The second-order valence-electron chi connectivity index (χ2n) is 5.50. The highest BCUT2D eigenvalue weighted by molar-refractivity contribution is 5.78. The van der Waals surface area contributed by atoms with Gasteiger partial charge in [0.15, 0.2) is 0 Å². The van der Waals surface area contributed by atoms with Gasteiger partial charge in [-0.25, -0.2) is 0 Å². The molecule has 1 fully saturated rings. The minimum atomic E-state index is -0.220. The van der Waals surface area contributed by atoms with Gasteiger partial charge in [-0.05, 0) is 25.7 Å². The zero-order valence-corrected chi connectivity index (χ0v) is 13.0. The predicted molar refractivity (Wildman–Crippen MR) is 78.5 cm³/mol. The summed E-state index contributed by atoms with van der Waals surface area (Å²) in [7, 11) is 1.39. The Hall–Kier alpha value is -1.59. The average Bonchev–Trinajstić information content (AvgIpc) is 2.49. The maximum absolute atomic E-state index is 12.1. The van der Waals surface area contributed by atoms with Crippen LogP contribution in [0.15, 0.2) is 0 Å². The number of amides is 2. The highest BCUT2D eigenvalue weighted by Crippen LogP contribution is 2.19. The molecule has 21 heavy (non-hydrogen) atoms. The van der Waals surface area contributed by atoms with E-state index in [2.05, 4.69) is 5.32 Å². The zero-order valence-electron chi connectivity index (χ0n) is 13.0. The van der Waals surface area contributed by atoms with Crippen molar-refractivity contribution in [2.24, 2.45) is 5.92 Å². The van der Waals surface area contributed by atoms with Crippen molar-refractivity contribution >= 4 is 17.8 Å². The van der Waals surface area contributed by atoms with Crippen molar-refractivity contribution in [2.45, 2.75) is 45.4 Å². The van der Waals surface area contributed by atoms with Crippen LogP contribution in [0, 0.1) is 5.92 Å². The van der Waals surface area contributed by atoms with E-state index < -0.39 is 0 Å². The molecule has 6 heteroatoms. The molecule has 1 N–H and O–H groups in total. The summed E-state index contributed by atoms with van der Waals surface area (Å²) in [4.78, 5) is 36.1. The Balaban J connectivity index is 2.19. The Morgan fingerprint density at radius 1 is 1.24 bits per heavy atom. The van der Waals surface area contributed by atoms with Crippen LogP contribution >= 0.6 is 0 Å². The lowest BCUT2D eigenvalue weighted by molar-refractivity contribution is -0.149. The SMILES string of the molecule is COC(=O)[C@H]1CCCN(C(=O)CCCCCNC(C)=O)C1. The molecule has 1 atom stereocenters. The van der Waals surface area contributed by atoms with Gasteiger partial charge in [0.2, 0.25) is 11.8 Å². The number of unbranched alkanes of at least 4 members (excludes halogenated alkanes) is 2. The van der Waals surface area contributed by atoms with E-state index in [1.165, 1.54) is 14.0 Å². The summed E-state index contributed by atoms with van der Waals surface area (Å²) < 4.78 is 4.75. The average molecular weight is 298 g/mol. The lowest BCUT2D eigenvalue weighted by atomic mass is 9.98. The van der Waals surface area contributed by atoms with Crippen molar-refractivity contribution in [1.29, 1.82) is 0 Å². The molecular formula is C15H26N2O4. The van der Waals surface area contributed by atoms with E-state index in [1.54, 1.807) is 4.90 Å². The third kappa shape index (κ3) is 6.60. The maximum atomic E-state index is 12.1. The van der Waals surface area contributed by atoms with Crippen LogP contribution < -0.4 is 5.32 Å². The molecule has 0 aromatic carbocycles. The maximum Gasteiger partial charge on any atom is 0.310 e. The number of rotatable bonds is 7. The number of ether oxygens (including phenoxy) is 1. The molecule has 0 bridgehead atoms. The third-order valence-electron chi connectivity index (χ3n) is 3.75. The number of carbonyl (C=O) groups is 3. The number of nitrogens with one attached hydrogen (secondary N) is 1. The largest absolute Gasteiger partial charge is 0.469 e. The molecule has 0 saturated carbocycles. The minimum absolute atomic E-state index is 0.0201. The minimum Gasteiger partial charge on any atom is -0.469 e. The molecule has 0 spiro atoms. The van der Waals surface area contributed by atoms with Crippen LogP contribution in [0.3, 0.4) is 0 Å². The van der Waals surface area contributed by atoms with E-state index in [0.717, 1.165) is 38.6 Å². The summed E-state index contributed by atoms with van der Waals surface area (Å²) in [5, 5.41) is 2.74. The molecule has 1 aliphatic rings. The normalized spacial score (nSPS) is 18.2. The molecule has 1 heterocycles. The number of esters is 1. The van der Waals surface area contributed by atoms with Crippen molar-refractivity contribution in [3.8, 4) is 0 Å². The molecule has 0 aromatic heterocycles. The zero-order chi connectivity index (χ0) is 15.7. The Morgan fingerprint density at radius 3 is 2.67 bits per heavy atom. The third-order valence-corrected chi connectivity index (χ3v) is 3.75. The molecule has 2 amide bonds. The van der Waals surface area contributed by atoms with Gasteiger partial charge >= 0.3 is 5.97 Å². The van der Waals surface area contributed by atoms with Crippen LogP contribution in [0.1, 0.15) is 45.4 Å². The first-order valence-electron chi connectivity index (χ1n) is 7.64. The van der Waals surface area contributed by atoms with E-state index in [0.29, 0.717) is 19.5 Å². The van der Waals surface area contributed by atoms with Crippen molar-refractivity contribution in [3.63, 3.8) is 0 Å². The van der Waals surface area contributed by atoms with Gasteiger partial charge in [0.05, 0.1) is 13.0 Å². The van der Waals surface area contributed by atoms with Crippen LogP contribution in [-0.4, -0.2) is 49.4 Å². The molecule has 6 nitrogen and oxygen atoms in total. The molecule has 0 unspecified atom stereocenters. The highest BCUT2D eigenvalue weighted by Gasteiger charge is 2.28. The van der Waals surface area contributed by atoms with E-state index in [9.17, 15) is 14.4 Å². The summed E-state index contributed by atoms with van der Waals surface area (Å²) in [6, 6.07) is 0. The monoisotopic (exact) mass is 298 g/mol. The fraction of sp³-hybridized carbons (Fsp3) is 0.800. The summed E-state index contributed by atoms with van der Waals surface area (Å²) in [5.41, 5.74) is 0. The first kappa shape index (κ1) is 17.5. The van der Waals surface area contributed by atoms with Crippen LogP contribution in [0.25, 0.3) is 0 Å². The van der Waals surface area contributed by atoms with Gasteiger partial charge < -0.3 is 15.0 Å². The molecule has 1 saturated heterocycles. The van der Waals surface area contributed by atoms with Crippen molar-refractivity contribution in [2.75, 3.05) is 26.7 Å². The highest BCUT2D eigenvalue weighted by atomic mass is 16.5. The molecule has 1 aliphatic heterocycles. The number of carbonyl (C=O) groups excluding carboxylic acids is 3.